The fourth-order valence-corrected chi connectivity index (χ4v) is 5.74. The number of para-hydroxylation sites is 1. The van der Waals surface area contributed by atoms with Crippen LogP contribution in [0.1, 0.15) is 24.5 Å². The molecule has 2 fully saturated rings. The normalized spacial score (nSPS) is 23.9. The number of pyridine rings is 1. The minimum Gasteiger partial charge on any atom is -0.341 e. The highest BCUT2D eigenvalue weighted by molar-refractivity contribution is 6.05. The van der Waals surface area contributed by atoms with Crippen LogP contribution < -0.4 is 10.5 Å². The second kappa shape index (κ2) is 7.51. The van der Waals surface area contributed by atoms with Crippen molar-refractivity contribution < 1.29 is 14.5 Å². The molecule has 1 N–H and O–H groups in total. The monoisotopic (exact) mass is 462 g/mol. The van der Waals surface area contributed by atoms with Gasteiger partial charge in [-0.3, -0.25) is 34.5 Å². The predicted molar refractivity (Wildman–Crippen MR) is 121 cm³/mol. The summed E-state index contributed by atoms with van der Waals surface area (Å²) in [5.41, 5.74) is 0.557. The molecule has 3 aliphatic rings. The van der Waals surface area contributed by atoms with Gasteiger partial charge in [0.05, 0.1) is 16.4 Å². The number of amides is 2. The lowest BCUT2D eigenvalue weighted by Crippen LogP contribution is -2.51. The standard InChI is InChI=1S/C23H22N6O5/c30-20-8-15(12-28(20)21-16-3-1-2-4-17(16)24-25-21)22(31)26-9-13-7-14(11-26)18-5-6-19(29(33)34)23(32)27(18)10-13/h1-6,13-15H,7-12H2,(H,24,25)/t13-,14?,15?/m0/s1. The number of nitrogens with zero attached hydrogens (tertiary/aromatic N) is 5. The number of carbonyl (C=O) groups is 2. The minimum absolute atomic E-state index is 0.0402. The summed E-state index contributed by atoms with van der Waals surface area (Å²) in [5, 5.41) is 19.2. The molecule has 3 aromatic rings. The van der Waals surface area contributed by atoms with Crippen molar-refractivity contribution in [2.45, 2.75) is 25.3 Å². The number of nitro groups is 1. The number of carbonyl (C=O) groups excluding carboxylic acids is 2. The van der Waals surface area contributed by atoms with E-state index in [4.69, 9.17) is 0 Å². The molecule has 0 saturated carbocycles. The summed E-state index contributed by atoms with van der Waals surface area (Å²) in [6, 6.07) is 10.5. The smallest absolute Gasteiger partial charge is 0.334 e. The molecule has 0 spiro atoms. The van der Waals surface area contributed by atoms with Crippen LogP contribution in [0.5, 0.6) is 0 Å². The van der Waals surface area contributed by atoms with Gasteiger partial charge >= 0.3 is 11.2 Å². The molecule has 6 rings (SSSR count). The lowest BCUT2D eigenvalue weighted by Gasteiger charge is -2.43. The Morgan fingerprint density at radius 3 is 2.74 bits per heavy atom. The SMILES string of the molecule is O=C(C1CC(=O)N(c2n[nH]c3ccccc23)C1)N1CC2C[C@@H](C1)Cn1c2ccc([N+](=O)[O-])c1=O. The number of aromatic amines is 1. The fourth-order valence-electron chi connectivity index (χ4n) is 5.74. The van der Waals surface area contributed by atoms with Crippen LogP contribution in [0, 0.1) is 22.0 Å². The average molecular weight is 462 g/mol. The average Bonchev–Trinajstić information content (AvgIpc) is 3.42. The number of anilines is 1. The van der Waals surface area contributed by atoms with Gasteiger partial charge in [-0.2, -0.15) is 5.10 Å². The van der Waals surface area contributed by atoms with Gasteiger partial charge in [-0.15, -0.1) is 0 Å². The third-order valence-electron chi connectivity index (χ3n) is 7.27. The van der Waals surface area contributed by atoms with Crippen molar-refractivity contribution in [2.24, 2.45) is 11.8 Å². The number of hydrogen-bond donors (Lipinski definition) is 1. The molecular formula is C23H22N6O5. The minimum atomic E-state index is -0.652. The molecular weight excluding hydrogens is 440 g/mol. The molecule has 0 radical (unpaired) electrons. The Morgan fingerprint density at radius 2 is 1.91 bits per heavy atom. The Hall–Kier alpha value is -4.02. The fraction of sp³-hybridized carbons (Fsp3) is 0.391. The molecule has 174 valence electrons. The number of H-pyrrole nitrogens is 1. The summed E-state index contributed by atoms with van der Waals surface area (Å²) < 4.78 is 1.50. The van der Waals surface area contributed by atoms with E-state index in [1.54, 1.807) is 15.9 Å². The lowest BCUT2D eigenvalue weighted by molar-refractivity contribution is -0.386. The highest BCUT2D eigenvalue weighted by Crippen LogP contribution is 2.37. The highest BCUT2D eigenvalue weighted by Gasteiger charge is 2.43. The van der Waals surface area contributed by atoms with E-state index in [0.29, 0.717) is 25.5 Å². The summed E-state index contributed by atoms with van der Waals surface area (Å²) >= 11 is 0. The quantitative estimate of drug-likeness (QED) is 0.464. The maximum Gasteiger partial charge on any atom is 0.334 e. The Morgan fingerprint density at radius 1 is 1.09 bits per heavy atom. The maximum atomic E-state index is 13.4. The number of nitrogens with one attached hydrogen (secondary N) is 1. The molecule has 11 heteroatoms. The van der Waals surface area contributed by atoms with Crippen LogP contribution in [-0.4, -0.2) is 56.0 Å². The summed E-state index contributed by atoms with van der Waals surface area (Å²) in [6.07, 6.45) is 0.962. The predicted octanol–water partition coefficient (Wildman–Crippen LogP) is 1.63. The van der Waals surface area contributed by atoms with E-state index in [2.05, 4.69) is 10.2 Å². The molecule has 2 saturated heterocycles. The Labute approximate surface area is 193 Å². The number of piperidine rings is 1. The second-order valence-electron chi connectivity index (χ2n) is 9.36. The largest absolute Gasteiger partial charge is 0.341 e. The van der Waals surface area contributed by atoms with E-state index in [9.17, 15) is 24.5 Å². The Kier molecular flexibility index (Phi) is 4.54. The Bertz CT molecular complexity index is 1410. The van der Waals surface area contributed by atoms with Gasteiger partial charge in [0.2, 0.25) is 11.8 Å². The molecule has 3 atom stereocenters. The van der Waals surface area contributed by atoms with Gasteiger partial charge in [-0.1, -0.05) is 12.1 Å². The van der Waals surface area contributed by atoms with Crippen LogP contribution in [0.4, 0.5) is 11.5 Å². The lowest BCUT2D eigenvalue weighted by atomic mass is 9.82. The number of aromatic nitrogens is 3. The zero-order valence-corrected chi connectivity index (χ0v) is 18.2. The first kappa shape index (κ1) is 20.6. The molecule has 2 amide bonds. The van der Waals surface area contributed by atoms with Gasteiger partial charge in [-0.25, -0.2) is 0 Å². The van der Waals surface area contributed by atoms with E-state index in [0.717, 1.165) is 23.0 Å². The highest BCUT2D eigenvalue weighted by atomic mass is 16.6. The van der Waals surface area contributed by atoms with Crippen molar-refractivity contribution in [3.05, 3.63) is 62.6 Å². The van der Waals surface area contributed by atoms with Crippen LogP contribution in [0.2, 0.25) is 0 Å². The van der Waals surface area contributed by atoms with E-state index < -0.39 is 22.1 Å². The van der Waals surface area contributed by atoms with Crippen LogP contribution in [0.3, 0.4) is 0 Å². The summed E-state index contributed by atoms with van der Waals surface area (Å²) in [6.45, 7) is 1.54. The Balaban J connectivity index is 1.22. The molecule has 1 aromatic carbocycles. The summed E-state index contributed by atoms with van der Waals surface area (Å²) in [7, 11) is 0. The number of likely N-dealkylation sites (tertiary alicyclic amines) is 1. The first-order chi connectivity index (χ1) is 16.4. The molecule has 11 nitrogen and oxygen atoms in total. The summed E-state index contributed by atoms with van der Waals surface area (Å²) in [4.78, 5) is 52.7. The number of hydrogen-bond acceptors (Lipinski definition) is 6. The van der Waals surface area contributed by atoms with E-state index in [1.165, 1.54) is 10.6 Å². The molecule has 5 heterocycles. The third kappa shape index (κ3) is 3.11. The van der Waals surface area contributed by atoms with Crippen molar-refractivity contribution in [3.8, 4) is 0 Å². The van der Waals surface area contributed by atoms with Crippen molar-refractivity contribution >= 4 is 34.2 Å². The zero-order chi connectivity index (χ0) is 23.6. The van der Waals surface area contributed by atoms with Gasteiger partial charge in [-0.05, 0) is 30.5 Å². The summed E-state index contributed by atoms with van der Waals surface area (Å²) in [5.74, 6) is -0.130. The van der Waals surface area contributed by atoms with E-state index >= 15 is 0 Å². The molecule has 2 aromatic heterocycles. The first-order valence-electron chi connectivity index (χ1n) is 11.3. The van der Waals surface area contributed by atoms with Crippen molar-refractivity contribution in [3.63, 3.8) is 0 Å². The number of fused-ring (bicyclic) bond motifs is 5. The van der Waals surface area contributed by atoms with Gasteiger partial charge in [0.1, 0.15) is 0 Å². The number of rotatable bonds is 3. The van der Waals surface area contributed by atoms with E-state index in [-0.39, 0.29) is 36.6 Å². The van der Waals surface area contributed by atoms with Gasteiger partial charge < -0.3 is 9.47 Å². The van der Waals surface area contributed by atoms with Crippen LogP contribution in [0.15, 0.2) is 41.2 Å². The van der Waals surface area contributed by atoms with Crippen molar-refractivity contribution in [1.29, 1.82) is 0 Å². The van der Waals surface area contributed by atoms with E-state index in [1.807, 2.05) is 24.3 Å². The molecule has 2 unspecified atom stereocenters. The van der Waals surface area contributed by atoms with Gasteiger partial charge in [0, 0.05) is 55.7 Å². The van der Waals surface area contributed by atoms with Crippen molar-refractivity contribution in [2.75, 3.05) is 24.5 Å². The maximum absolute atomic E-state index is 13.4. The number of benzene rings is 1. The first-order valence-corrected chi connectivity index (χ1v) is 11.3. The topological polar surface area (TPSA) is 134 Å². The van der Waals surface area contributed by atoms with Crippen LogP contribution in [0.25, 0.3) is 10.9 Å². The molecule has 0 aliphatic carbocycles. The van der Waals surface area contributed by atoms with Crippen LogP contribution in [-0.2, 0) is 16.1 Å². The van der Waals surface area contributed by atoms with Crippen molar-refractivity contribution in [1.82, 2.24) is 19.7 Å². The van der Waals surface area contributed by atoms with Gasteiger partial charge in [0.15, 0.2) is 5.82 Å². The molecule has 3 aliphatic heterocycles. The molecule has 2 bridgehead atoms. The molecule has 34 heavy (non-hydrogen) atoms. The van der Waals surface area contributed by atoms with Crippen LogP contribution >= 0.6 is 0 Å². The van der Waals surface area contributed by atoms with Gasteiger partial charge in [0.25, 0.3) is 0 Å². The second-order valence-corrected chi connectivity index (χ2v) is 9.36. The zero-order valence-electron chi connectivity index (χ0n) is 18.2. The third-order valence-corrected chi connectivity index (χ3v) is 7.27.